The number of nitriles is 1. The summed E-state index contributed by atoms with van der Waals surface area (Å²) in [5.74, 6) is -0.171. The molecular weight excluding hydrogens is 282 g/mol. The summed E-state index contributed by atoms with van der Waals surface area (Å²) in [6.45, 7) is 2.24. The van der Waals surface area contributed by atoms with Crippen LogP contribution in [0.5, 0.6) is 0 Å². The van der Waals surface area contributed by atoms with E-state index in [0.717, 1.165) is 10.0 Å². The molecule has 0 saturated carbocycles. The quantitative estimate of drug-likeness (QED) is 0.813. The lowest BCUT2D eigenvalue weighted by Crippen LogP contribution is -2.35. The van der Waals surface area contributed by atoms with Crippen LogP contribution in [0.25, 0.3) is 0 Å². The molecule has 1 aromatic carbocycles. The van der Waals surface area contributed by atoms with Crippen molar-refractivity contribution in [1.82, 2.24) is 10.6 Å². The molecule has 90 valence electrons. The summed E-state index contributed by atoms with van der Waals surface area (Å²) in [6.07, 6.45) is 0. The molecule has 1 aromatic rings. The molecular formula is C12H14BrN3O. The summed E-state index contributed by atoms with van der Waals surface area (Å²) in [7, 11) is 0. The summed E-state index contributed by atoms with van der Waals surface area (Å²) >= 11 is 3.37. The third kappa shape index (κ3) is 4.98. The first-order valence-corrected chi connectivity index (χ1v) is 6.05. The molecule has 0 spiro atoms. The van der Waals surface area contributed by atoms with Crippen molar-refractivity contribution in [3.8, 4) is 6.07 Å². The van der Waals surface area contributed by atoms with E-state index in [1.165, 1.54) is 0 Å². The Hall–Kier alpha value is -1.38. The number of carbonyl (C=O) groups excluding carboxylic acids is 1. The Morgan fingerprint density at radius 3 is 2.71 bits per heavy atom. The first-order valence-electron chi connectivity index (χ1n) is 5.26. The van der Waals surface area contributed by atoms with Crippen LogP contribution in [0.2, 0.25) is 0 Å². The minimum absolute atomic E-state index is 0.0488. The van der Waals surface area contributed by atoms with Crippen LogP contribution < -0.4 is 10.6 Å². The zero-order chi connectivity index (χ0) is 12.7. The van der Waals surface area contributed by atoms with Crippen LogP contribution >= 0.6 is 15.9 Å². The minimum atomic E-state index is -0.171. The molecule has 0 aliphatic heterocycles. The summed E-state index contributed by atoms with van der Waals surface area (Å²) in [4.78, 5) is 11.3. The van der Waals surface area contributed by atoms with E-state index in [2.05, 4.69) is 26.6 Å². The van der Waals surface area contributed by atoms with Gasteiger partial charge >= 0.3 is 0 Å². The lowest BCUT2D eigenvalue weighted by atomic mass is 10.1. The average Bonchev–Trinajstić information content (AvgIpc) is 2.34. The van der Waals surface area contributed by atoms with Crippen molar-refractivity contribution in [2.75, 3.05) is 13.1 Å². The number of carbonyl (C=O) groups is 1. The number of rotatable bonds is 5. The van der Waals surface area contributed by atoms with Gasteiger partial charge in [0.05, 0.1) is 12.6 Å². The van der Waals surface area contributed by atoms with Crippen molar-refractivity contribution in [3.05, 3.63) is 34.3 Å². The average molecular weight is 296 g/mol. The number of amides is 1. The van der Waals surface area contributed by atoms with Gasteiger partial charge in [-0.15, -0.1) is 0 Å². The minimum Gasteiger partial charge on any atom is -0.342 e. The van der Waals surface area contributed by atoms with Gasteiger partial charge in [0, 0.05) is 10.5 Å². The topological polar surface area (TPSA) is 64.9 Å². The van der Waals surface area contributed by atoms with Gasteiger partial charge in [0.15, 0.2) is 0 Å². The predicted molar refractivity (Wildman–Crippen MR) is 69.2 cm³/mol. The van der Waals surface area contributed by atoms with Crippen molar-refractivity contribution in [2.45, 2.75) is 13.0 Å². The SMILES string of the molecule is CC(NCC(=O)NCC#N)c1ccc(Br)cc1. The fraction of sp³-hybridized carbons (Fsp3) is 0.333. The lowest BCUT2D eigenvalue weighted by molar-refractivity contribution is -0.120. The third-order valence-corrected chi connectivity index (χ3v) is 2.83. The number of nitrogens with one attached hydrogen (secondary N) is 2. The van der Waals surface area contributed by atoms with E-state index < -0.39 is 0 Å². The molecule has 0 aliphatic rings. The van der Waals surface area contributed by atoms with Gasteiger partial charge in [-0.1, -0.05) is 28.1 Å². The van der Waals surface area contributed by atoms with Gasteiger partial charge in [-0.25, -0.2) is 0 Å². The van der Waals surface area contributed by atoms with E-state index in [0.29, 0.717) is 0 Å². The van der Waals surface area contributed by atoms with Gasteiger partial charge in [0.2, 0.25) is 5.91 Å². The lowest BCUT2D eigenvalue weighted by Gasteiger charge is -2.13. The fourth-order valence-corrected chi connectivity index (χ4v) is 1.58. The van der Waals surface area contributed by atoms with Gasteiger partial charge in [0.1, 0.15) is 6.54 Å². The molecule has 17 heavy (non-hydrogen) atoms. The van der Waals surface area contributed by atoms with Crippen LogP contribution in [0.1, 0.15) is 18.5 Å². The summed E-state index contributed by atoms with van der Waals surface area (Å²) < 4.78 is 1.03. The monoisotopic (exact) mass is 295 g/mol. The van der Waals surface area contributed by atoms with Crippen LogP contribution in [0.15, 0.2) is 28.7 Å². The molecule has 1 atom stereocenters. The van der Waals surface area contributed by atoms with E-state index in [-0.39, 0.29) is 25.0 Å². The van der Waals surface area contributed by atoms with Crippen molar-refractivity contribution in [2.24, 2.45) is 0 Å². The van der Waals surface area contributed by atoms with E-state index in [9.17, 15) is 4.79 Å². The molecule has 0 bridgehead atoms. The van der Waals surface area contributed by atoms with E-state index in [4.69, 9.17) is 5.26 Å². The Kier molecular flexibility index (Phi) is 5.67. The van der Waals surface area contributed by atoms with Crippen LogP contribution in [-0.4, -0.2) is 19.0 Å². The summed E-state index contributed by atoms with van der Waals surface area (Å²) in [6, 6.07) is 9.87. The number of hydrogen-bond donors (Lipinski definition) is 2. The largest absolute Gasteiger partial charge is 0.342 e. The van der Waals surface area contributed by atoms with Gasteiger partial charge in [-0.3, -0.25) is 4.79 Å². The fourth-order valence-electron chi connectivity index (χ4n) is 1.32. The van der Waals surface area contributed by atoms with Crippen LogP contribution in [-0.2, 0) is 4.79 Å². The Bertz CT molecular complexity index is 411. The molecule has 0 heterocycles. The highest BCUT2D eigenvalue weighted by Crippen LogP contribution is 2.16. The number of benzene rings is 1. The first-order chi connectivity index (χ1) is 8.13. The maximum atomic E-state index is 11.3. The summed E-state index contributed by atoms with van der Waals surface area (Å²) in [5.41, 5.74) is 1.11. The Labute approximate surface area is 109 Å². The normalized spacial score (nSPS) is 11.6. The molecule has 0 aliphatic carbocycles. The van der Waals surface area contributed by atoms with Crippen molar-refractivity contribution >= 4 is 21.8 Å². The number of hydrogen-bond acceptors (Lipinski definition) is 3. The molecule has 5 heteroatoms. The van der Waals surface area contributed by atoms with Gasteiger partial charge in [-0.2, -0.15) is 5.26 Å². The molecule has 1 unspecified atom stereocenters. The van der Waals surface area contributed by atoms with Crippen molar-refractivity contribution in [3.63, 3.8) is 0 Å². The highest BCUT2D eigenvalue weighted by atomic mass is 79.9. The Morgan fingerprint density at radius 2 is 2.12 bits per heavy atom. The number of halogens is 1. The zero-order valence-electron chi connectivity index (χ0n) is 9.53. The van der Waals surface area contributed by atoms with Crippen LogP contribution in [0.4, 0.5) is 0 Å². The number of nitrogens with zero attached hydrogens (tertiary/aromatic N) is 1. The molecule has 1 amide bonds. The van der Waals surface area contributed by atoms with Crippen LogP contribution in [0.3, 0.4) is 0 Å². The molecule has 2 N–H and O–H groups in total. The molecule has 0 fully saturated rings. The van der Waals surface area contributed by atoms with Crippen molar-refractivity contribution in [1.29, 1.82) is 5.26 Å². The molecule has 4 nitrogen and oxygen atoms in total. The second-order valence-corrected chi connectivity index (χ2v) is 4.50. The molecule has 0 aromatic heterocycles. The maximum Gasteiger partial charge on any atom is 0.234 e. The van der Waals surface area contributed by atoms with E-state index in [1.807, 2.05) is 37.3 Å². The van der Waals surface area contributed by atoms with E-state index >= 15 is 0 Å². The third-order valence-electron chi connectivity index (χ3n) is 2.30. The van der Waals surface area contributed by atoms with Gasteiger partial charge in [-0.05, 0) is 24.6 Å². The van der Waals surface area contributed by atoms with Crippen molar-refractivity contribution < 1.29 is 4.79 Å². The first kappa shape index (κ1) is 13.7. The predicted octanol–water partition coefficient (Wildman–Crippen LogP) is 1.74. The van der Waals surface area contributed by atoms with Crippen LogP contribution in [0, 0.1) is 11.3 Å². The second kappa shape index (κ2) is 7.05. The Balaban J connectivity index is 2.39. The van der Waals surface area contributed by atoms with Gasteiger partial charge < -0.3 is 10.6 Å². The second-order valence-electron chi connectivity index (χ2n) is 3.59. The molecule has 0 radical (unpaired) electrons. The zero-order valence-corrected chi connectivity index (χ0v) is 11.1. The smallest absolute Gasteiger partial charge is 0.234 e. The highest BCUT2D eigenvalue weighted by molar-refractivity contribution is 9.10. The summed E-state index contributed by atoms with van der Waals surface area (Å²) in [5, 5.41) is 13.9. The Morgan fingerprint density at radius 1 is 1.47 bits per heavy atom. The van der Waals surface area contributed by atoms with E-state index in [1.54, 1.807) is 0 Å². The standard InChI is InChI=1S/C12H14BrN3O/c1-9(10-2-4-11(13)5-3-10)16-8-12(17)15-7-6-14/h2-5,9,16H,7-8H2,1H3,(H,15,17). The molecule has 1 rings (SSSR count). The highest BCUT2D eigenvalue weighted by Gasteiger charge is 2.06. The molecule has 0 saturated heterocycles. The van der Waals surface area contributed by atoms with Gasteiger partial charge in [0.25, 0.3) is 0 Å². The maximum absolute atomic E-state index is 11.3.